The van der Waals surface area contributed by atoms with E-state index in [4.69, 9.17) is 4.74 Å². The summed E-state index contributed by atoms with van der Waals surface area (Å²) in [7, 11) is 1.63. The highest BCUT2D eigenvalue weighted by molar-refractivity contribution is 5.76. The van der Waals surface area contributed by atoms with E-state index in [0.29, 0.717) is 32.2 Å². The lowest BCUT2D eigenvalue weighted by molar-refractivity contribution is -0.121. The predicted molar refractivity (Wildman–Crippen MR) is 86.4 cm³/mol. The summed E-state index contributed by atoms with van der Waals surface area (Å²) in [6.07, 6.45) is 2.57. The Bertz CT molecular complexity index is 404. The van der Waals surface area contributed by atoms with Crippen molar-refractivity contribution in [2.75, 3.05) is 26.8 Å². The summed E-state index contributed by atoms with van der Waals surface area (Å²) in [6, 6.07) is 9.02. The van der Waals surface area contributed by atoms with Gasteiger partial charge in [0.15, 0.2) is 0 Å². The van der Waals surface area contributed by atoms with E-state index in [9.17, 15) is 4.79 Å². The third-order valence-electron chi connectivity index (χ3n) is 3.57. The van der Waals surface area contributed by atoms with Crippen LogP contribution in [0.2, 0.25) is 0 Å². The van der Waals surface area contributed by atoms with Gasteiger partial charge in [-0.1, -0.05) is 38.1 Å². The molecule has 0 aliphatic carbocycles. The number of aryl methyl sites for hydroxylation is 1. The standard InChI is InChI=1S/C17H28N2O2/c1-4-14-6-8-15(9-7-14)16(5-2)18-11-10-17(20)19-12-13-21-3/h6-9,16,18H,4-5,10-13H2,1-3H3,(H,19,20). The third-order valence-corrected chi connectivity index (χ3v) is 3.57. The van der Waals surface area contributed by atoms with Gasteiger partial charge < -0.3 is 15.4 Å². The fourth-order valence-corrected chi connectivity index (χ4v) is 2.22. The first-order chi connectivity index (χ1) is 10.2. The number of amides is 1. The van der Waals surface area contributed by atoms with Crippen LogP contribution < -0.4 is 10.6 Å². The molecule has 1 unspecified atom stereocenters. The molecule has 0 spiro atoms. The number of benzene rings is 1. The molecule has 0 radical (unpaired) electrons. The Kier molecular flexibility index (Phi) is 8.71. The van der Waals surface area contributed by atoms with E-state index in [0.717, 1.165) is 12.8 Å². The number of carbonyl (C=O) groups is 1. The zero-order valence-corrected chi connectivity index (χ0v) is 13.4. The molecule has 1 aromatic rings. The average Bonchev–Trinajstić information content (AvgIpc) is 2.52. The van der Waals surface area contributed by atoms with E-state index in [1.165, 1.54) is 11.1 Å². The van der Waals surface area contributed by atoms with Crippen molar-refractivity contribution in [3.63, 3.8) is 0 Å². The first kappa shape index (κ1) is 17.7. The molecule has 0 bridgehead atoms. The molecule has 0 heterocycles. The predicted octanol–water partition coefficient (Wildman–Crippen LogP) is 2.44. The van der Waals surface area contributed by atoms with Crippen molar-refractivity contribution >= 4 is 5.91 Å². The Morgan fingerprint density at radius 2 is 1.90 bits per heavy atom. The molecule has 0 aliphatic heterocycles. The van der Waals surface area contributed by atoms with Crippen molar-refractivity contribution in [2.24, 2.45) is 0 Å². The minimum atomic E-state index is 0.0655. The van der Waals surface area contributed by atoms with E-state index >= 15 is 0 Å². The summed E-state index contributed by atoms with van der Waals surface area (Å²) in [5, 5.41) is 6.28. The van der Waals surface area contributed by atoms with E-state index in [1.807, 2.05) is 0 Å². The second kappa shape index (κ2) is 10.4. The average molecular weight is 292 g/mol. The van der Waals surface area contributed by atoms with Crippen LogP contribution in [0.3, 0.4) is 0 Å². The van der Waals surface area contributed by atoms with Gasteiger partial charge in [0.25, 0.3) is 0 Å². The highest BCUT2D eigenvalue weighted by Gasteiger charge is 2.09. The van der Waals surface area contributed by atoms with Gasteiger partial charge in [0.2, 0.25) is 5.91 Å². The van der Waals surface area contributed by atoms with Crippen LogP contribution in [0.25, 0.3) is 0 Å². The summed E-state index contributed by atoms with van der Waals surface area (Å²) < 4.78 is 4.90. The van der Waals surface area contributed by atoms with E-state index < -0.39 is 0 Å². The van der Waals surface area contributed by atoms with Gasteiger partial charge in [0.1, 0.15) is 0 Å². The Labute approximate surface area is 128 Å². The molecule has 0 saturated heterocycles. The first-order valence-corrected chi connectivity index (χ1v) is 7.79. The van der Waals surface area contributed by atoms with Crippen LogP contribution in [-0.4, -0.2) is 32.7 Å². The van der Waals surface area contributed by atoms with Crippen molar-refractivity contribution in [2.45, 2.75) is 39.2 Å². The monoisotopic (exact) mass is 292 g/mol. The minimum absolute atomic E-state index is 0.0655. The van der Waals surface area contributed by atoms with Crippen LogP contribution in [0.4, 0.5) is 0 Å². The molecule has 0 aliphatic rings. The van der Waals surface area contributed by atoms with Gasteiger partial charge in [0, 0.05) is 32.7 Å². The normalized spacial score (nSPS) is 12.1. The number of ether oxygens (including phenoxy) is 1. The molecule has 0 aromatic heterocycles. The molecule has 0 fully saturated rings. The molecular formula is C17H28N2O2. The lowest BCUT2D eigenvalue weighted by Crippen LogP contribution is -2.31. The smallest absolute Gasteiger partial charge is 0.221 e. The second-order valence-corrected chi connectivity index (χ2v) is 5.10. The topological polar surface area (TPSA) is 50.4 Å². The van der Waals surface area contributed by atoms with Crippen LogP contribution in [0.5, 0.6) is 0 Å². The molecule has 118 valence electrons. The van der Waals surface area contributed by atoms with Gasteiger partial charge >= 0.3 is 0 Å². The first-order valence-electron chi connectivity index (χ1n) is 7.79. The van der Waals surface area contributed by atoms with Gasteiger partial charge in [-0.3, -0.25) is 4.79 Å². The lowest BCUT2D eigenvalue weighted by atomic mass is 10.0. The van der Waals surface area contributed by atoms with Crippen LogP contribution in [-0.2, 0) is 16.0 Å². The van der Waals surface area contributed by atoms with Crippen LogP contribution in [0, 0.1) is 0 Å². The molecule has 4 nitrogen and oxygen atoms in total. The Balaban J connectivity index is 2.35. The van der Waals surface area contributed by atoms with Crippen LogP contribution >= 0.6 is 0 Å². The zero-order chi connectivity index (χ0) is 15.5. The zero-order valence-electron chi connectivity index (χ0n) is 13.4. The molecule has 2 N–H and O–H groups in total. The third kappa shape index (κ3) is 6.74. The van der Waals surface area contributed by atoms with Crippen molar-refractivity contribution in [1.29, 1.82) is 0 Å². The maximum Gasteiger partial charge on any atom is 0.221 e. The fraction of sp³-hybridized carbons (Fsp3) is 0.588. The molecule has 1 aromatic carbocycles. The van der Waals surface area contributed by atoms with Crippen LogP contribution in [0.15, 0.2) is 24.3 Å². The Morgan fingerprint density at radius 1 is 1.19 bits per heavy atom. The maximum absolute atomic E-state index is 11.6. The van der Waals surface area contributed by atoms with E-state index in [2.05, 4.69) is 48.7 Å². The summed E-state index contributed by atoms with van der Waals surface area (Å²) in [6.45, 7) is 6.13. The SMILES string of the molecule is CCc1ccc(C(CC)NCCC(=O)NCCOC)cc1. The summed E-state index contributed by atoms with van der Waals surface area (Å²) in [4.78, 5) is 11.6. The lowest BCUT2D eigenvalue weighted by Gasteiger charge is -2.17. The van der Waals surface area contributed by atoms with E-state index in [-0.39, 0.29) is 5.91 Å². The fourth-order valence-electron chi connectivity index (χ4n) is 2.22. The number of carbonyl (C=O) groups excluding carboxylic acids is 1. The number of rotatable bonds is 10. The second-order valence-electron chi connectivity index (χ2n) is 5.10. The van der Waals surface area contributed by atoms with Gasteiger partial charge in [-0.25, -0.2) is 0 Å². The number of methoxy groups -OCH3 is 1. The number of hydrogen-bond donors (Lipinski definition) is 2. The Morgan fingerprint density at radius 3 is 2.48 bits per heavy atom. The van der Waals surface area contributed by atoms with E-state index in [1.54, 1.807) is 7.11 Å². The van der Waals surface area contributed by atoms with Gasteiger partial charge in [-0.15, -0.1) is 0 Å². The van der Waals surface area contributed by atoms with Gasteiger partial charge in [-0.2, -0.15) is 0 Å². The van der Waals surface area contributed by atoms with Gasteiger partial charge in [0.05, 0.1) is 6.61 Å². The molecule has 1 amide bonds. The highest BCUT2D eigenvalue weighted by Crippen LogP contribution is 2.17. The quantitative estimate of drug-likeness (QED) is 0.651. The van der Waals surface area contributed by atoms with Crippen molar-refractivity contribution in [3.8, 4) is 0 Å². The molecule has 21 heavy (non-hydrogen) atoms. The number of hydrogen-bond acceptors (Lipinski definition) is 3. The van der Waals surface area contributed by atoms with Crippen molar-refractivity contribution < 1.29 is 9.53 Å². The van der Waals surface area contributed by atoms with Crippen molar-refractivity contribution in [3.05, 3.63) is 35.4 Å². The molecule has 4 heteroatoms. The van der Waals surface area contributed by atoms with Gasteiger partial charge in [-0.05, 0) is 24.0 Å². The molecular weight excluding hydrogens is 264 g/mol. The number of nitrogens with one attached hydrogen (secondary N) is 2. The summed E-state index contributed by atoms with van der Waals surface area (Å²) in [5.41, 5.74) is 2.64. The minimum Gasteiger partial charge on any atom is -0.383 e. The molecule has 1 atom stereocenters. The van der Waals surface area contributed by atoms with Crippen LogP contribution in [0.1, 0.15) is 43.9 Å². The highest BCUT2D eigenvalue weighted by atomic mass is 16.5. The largest absolute Gasteiger partial charge is 0.383 e. The maximum atomic E-state index is 11.6. The molecule has 0 saturated carbocycles. The van der Waals surface area contributed by atoms with Crippen molar-refractivity contribution in [1.82, 2.24) is 10.6 Å². The molecule has 1 rings (SSSR count). The summed E-state index contributed by atoms with van der Waals surface area (Å²) >= 11 is 0. The Hall–Kier alpha value is -1.39. The summed E-state index contributed by atoms with van der Waals surface area (Å²) in [5.74, 6) is 0.0655.